The van der Waals surface area contributed by atoms with Gasteiger partial charge in [0.25, 0.3) is 10.0 Å². The molecule has 1 saturated carbocycles. The summed E-state index contributed by atoms with van der Waals surface area (Å²) in [5, 5.41) is 8.94. The fourth-order valence-corrected chi connectivity index (χ4v) is 5.77. The van der Waals surface area contributed by atoms with Crippen LogP contribution in [0.2, 0.25) is 0 Å². The van der Waals surface area contributed by atoms with Crippen LogP contribution in [0.4, 0.5) is 0 Å². The van der Waals surface area contributed by atoms with Crippen molar-refractivity contribution in [2.45, 2.75) is 56.2 Å². The first-order valence-electron chi connectivity index (χ1n) is 7.44. The molecular weight excluding hydrogens is 306 g/mol. The maximum Gasteiger partial charge on any atom is 0.252 e. The molecule has 1 aliphatic rings. The van der Waals surface area contributed by atoms with Gasteiger partial charge in [-0.25, -0.2) is 8.42 Å². The third kappa shape index (κ3) is 3.86. The highest BCUT2D eigenvalue weighted by molar-refractivity contribution is 7.91. The lowest BCUT2D eigenvalue weighted by molar-refractivity contribution is 0.174. The molecule has 1 aliphatic carbocycles. The Morgan fingerprint density at radius 3 is 2.52 bits per heavy atom. The molecule has 1 fully saturated rings. The molecule has 0 unspecified atom stereocenters. The van der Waals surface area contributed by atoms with Crippen LogP contribution in [0.1, 0.15) is 44.4 Å². The van der Waals surface area contributed by atoms with Crippen LogP contribution >= 0.6 is 11.3 Å². The molecule has 0 aliphatic heterocycles. The van der Waals surface area contributed by atoms with Crippen molar-refractivity contribution >= 4 is 21.4 Å². The van der Waals surface area contributed by atoms with Gasteiger partial charge in [-0.15, -0.1) is 11.3 Å². The average molecular weight is 332 g/mol. The van der Waals surface area contributed by atoms with Crippen molar-refractivity contribution in [3.8, 4) is 0 Å². The molecule has 0 amide bonds. The van der Waals surface area contributed by atoms with Crippen LogP contribution in [0, 0.1) is 5.41 Å². The van der Waals surface area contributed by atoms with Crippen LogP contribution in [0.5, 0.6) is 0 Å². The Hall–Kier alpha value is -0.430. The van der Waals surface area contributed by atoms with Crippen molar-refractivity contribution in [1.29, 1.82) is 0 Å². The molecular formula is C15H25NO3S2. The van der Waals surface area contributed by atoms with E-state index >= 15 is 0 Å². The van der Waals surface area contributed by atoms with Gasteiger partial charge in [0, 0.05) is 31.0 Å². The molecule has 120 valence electrons. The zero-order valence-electron chi connectivity index (χ0n) is 13.0. The van der Waals surface area contributed by atoms with Crippen LogP contribution in [-0.2, 0) is 16.4 Å². The normalized spacial score (nSPS) is 20.0. The molecule has 1 aromatic heterocycles. The van der Waals surface area contributed by atoms with Crippen LogP contribution in [0.3, 0.4) is 0 Å². The summed E-state index contributed by atoms with van der Waals surface area (Å²) in [4.78, 5) is 0.911. The summed E-state index contributed by atoms with van der Waals surface area (Å²) in [7, 11) is -1.70. The fourth-order valence-electron chi connectivity index (χ4n) is 2.83. The Kier molecular flexibility index (Phi) is 5.13. The number of thiophene rings is 1. The number of nitrogens with zero attached hydrogens (tertiary/aromatic N) is 1. The molecule has 0 aromatic carbocycles. The van der Waals surface area contributed by atoms with E-state index in [0.717, 1.165) is 30.6 Å². The molecule has 2 rings (SSSR count). The van der Waals surface area contributed by atoms with Crippen molar-refractivity contribution in [3.05, 3.63) is 17.0 Å². The number of hydrogen-bond acceptors (Lipinski definition) is 4. The van der Waals surface area contributed by atoms with Gasteiger partial charge in [-0.3, -0.25) is 0 Å². The number of sulfonamides is 1. The highest BCUT2D eigenvalue weighted by Gasteiger charge is 2.34. The molecule has 1 heterocycles. The molecule has 6 heteroatoms. The smallest absolute Gasteiger partial charge is 0.252 e. The first kappa shape index (κ1) is 16.9. The van der Waals surface area contributed by atoms with Gasteiger partial charge in [-0.2, -0.15) is 4.31 Å². The highest BCUT2D eigenvalue weighted by atomic mass is 32.2. The van der Waals surface area contributed by atoms with E-state index in [1.165, 1.54) is 11.3 Å². The zero-order valence-corrected chi connectivity index (χ0v) is 14.6. The monoisotopic (exact) mass is 331 g/mol. The lowest BCUT2D eigenvalue weighted by Crippen LogP contribution is -2.40. The summed E-state index contributed by atoms with van der Waals surface area (Å²) >= 11 is 1.27. The molecule has 0 saturated heterocycles. The maximum absolute atomic E-state index is 12.7. The van der Waals surface area contributed by atoms with E-state index in [1.807, 2.05) is 0 Å². The average Bonchev–Trinajstić information content (AvgIpc) is 2.88. The minimum absolute atomic E-state index is 0.0492. The van der Waals surface area contributed by atoms with Crippen molar-refractivity contribution in [1.82, 2.24) is 4.31 Å². The standard InChI is InChI=1S/C15H25NO3S2/c1-15(2)9-6-12(7-10-15)16(3)21(18,19)14-5-4-13(20-14)8-11-17/h4-5,12,17H,6-11H2,1-3H3. The Morgan fingerprint density at radius 2 is 1.95 bits per heavy atom. The largest absolute Gasteiger partial charge is 0.396 e. The Balaban J connectivity index is 2.11. The van der Waals surface area contributed by atoms with E-state index in [4.69, 9.17) is 5.11 Å². The van der Waals surface area contributed by atoms with Gasteiger partial charge in [0.05, 0.1) is 0 Å². The van der Waals surface area contributed by atoms with Gasteiger partial charge in [-0.1, -0.05) is 13.8 Å². The summed E-state index contributed by atoms with van der Waals surface area (Å²) in [6.45, 7) is 4.55. The van der Waals surface area contributed by atoms with E-state index < -0.39 is 10.0 Å². The van der Waals surface area contributed by atoms with Crippen molar-refractivity contribution in [2.24, 2.45) is 5.41 Å². The maximum atomic E-state index is 12.7. The van der Waals surface area contributed by atoms with Crippen LogP contribution in [0.15, 0.2) is 16.3 Å². The first-order chi connectivity index (χ1) is 9.76. The lowest BCUT2D eigenvalue weighted by atomic mass is 9.76. The Labute approximate surface area is 131 Å². The zero-order chi connectivity index (χ0) is 15.7. The summed E-state index contributed by atoms with van der Waals surface area (Å²) in [5.41, 5.74) is 0.332. The molecule has 0 bridgehead atoms. The van der Waals surface area contributed by atoms with Gasteiger partial charge in [0.2, 0.25) is 0 Å². The second-order valence-electron chi connectivity index (χ2n) is 6.61. The Bertz CT molecular complexity index is 567. The summed E-state index contributed by atoms with van der Waals surface area (Å²) < 4.78 is 27.3. The van der Waals surface area contributed by atoms with E-state index in [-0.39, 0.29) is 12.6 Å². The minimum atomic E-state index is -3.40. The third-order valence-corrected chi connectivity index (χ3v) is 7.97. The summed E-state index contributed by atoms with van der Waals surface area (Å²) in [5.74, 6) is 0. The summed E-state index contributed by atoms with van der Waals surface area (Å²) in [6.07, 6.45) is 4.51. The molecule has 1 N–H and O–H groups in total. The lowest BCUT2D eigenvalue weighted by Gasteiger charge is -2.37. The molecule has 1 aromatic rings. The van der Waals surface area contributed by atoms with Crippen molar-refractivity contribution < 1.29 is 13.5 Å². The topological polar surface area (TPSA) is 57.6 Å². The van der Waals surface area contributed by atoms with E-state index in [0.29, 0.717) is 16.0 Å². The SMILES string of the molecule is CN(C1CCC(C)(C)CC1)S(=O)(=O)c1ccc(CCO)s1. The third-order valence-electron chi connectivity index (χ3n) is 4.45. The fraction of sp³-hybridized carbons (Fsp3) is 0.733. The van der Waals surface area contributed by atoms with E-state index in [1.54, 1.807) is 23.5 Å². The molecule has 0 radical (unpaired) electrons. The highest BCUT2D eigenvalue weighted by Crippen LogP contribution is 2.38. The van der Waals surface area contributed by atoms with Gasteiger partial charge in [0.1, 0.15) is 4.21 Å². The summed E-state index contributed by atoms with van der Waals surface area (Å²) in [6, 6.07) is 3.56. The van der Waals surface area contributed by atoms with Gasteiger partial charge in [0.15, 0.2) is 0 Å². The number of rotatable bonds is 5. The second-order valence-corrected chi connectivity index (χ2v) is 10.0. The number of hydrogen-bond donors (Lipinski definition) is 1. The first-order valence-corrected chi connectivity index (χ1v) is 9.69. The second kappa shape index (κ2) is 6.36. The number of aliphatic hydroxyl groups is 1. The Morgan fingerprint density at radius 1 is 1.33 bits per heavy atom. The van der Waals surface area contributed by atoms with Gasteiger partial charge in [-0.05, 0) is 43.2 Å². The van der Waals surface area contributed by atoms with Gasteiger partial charge >= 0.3 is 0 Å². The van der Waals surface area contributed by atoms with Gasteiger partial charge < -0.3 is 5.11 Å². The van der Waals surface area contributed by atoms with E-state index in [9.17, 15) is 8.42 Å². The van der Waals surface area contributed by atoms with Crippen molar-refractivity contribution in [2.75, 3.05) is 13.7 Å². The molecule has 21 heavy (non-hydrogen) atoms. The van der Waals surface area contributed by atoms with Crippen LogP contribution < -0.4 is 0 Å². The quantitative estimate of drug-likeness (QED) is 0.902. The molecule has 0 atom stereocenters. The van der Waals surface area contributed by atoms with Crippen LogP contribution in [0.25, 0.3) is 0 Å². The number of aliphatic hydroxyl groups excluding tert-OH is 1. The van der Waals surface area contributed by atoms with Crippen molar-refractivity contribution in [3.63, 3.8) is 0 Å². The predicted molar refractivity (Wildman–Crippen MR) is 86.1 cm³/mol. The molecule has 0 spiro atoms. The van der Waals surface area contributed by atoms with E-state index in [2.05, 4.69) is 13.8 Å². The van der Waals surface area contributed by atoms with Crippen LogP contribution in [-0.4, -0.2) is 37.5 Å². The molecule has 4 nitrogen and oxygen atoms in total. The predicted octanol–water partition coefficient (Wildman–Crippen LogP) is 2.87. The minimum Gasteiger partial charge on any atom is -0.396 e.